The van der Waals surface area contributed by atoms with Crippen LogP contribution < -0.4 is 0 Å². The fourth-order valence-corrected chi connectivity index (χ4v) is 6.04. The van der Waals surface area contributed by atoms with Gasteiger partial charge in [0.1, 0.15) is 0 Å². The molecule has 2 heterocycles. The van der Waals surface area contributed by atoms with Gasteiger partial charge in [-0.05, 0) is 30.9 Å². The molecule has 2 saturated heterocycles. The third-order valence-corrected chi connectivity index (χ3v) is 8.66. The molecule has 0 spiro atoms. The molecule has 32 heavy (non-hydrogen) atoms. The Kier molecular flexibility index (Phi) is 7.28. The maximum Gasteiger partial charge on any atom is 0.225 e. The van der Waals surface area contributed by atoms with Crippen molar-refractivity contribution in [3.8, 4) is 0 Å². The first-order chi connectivity index (χ1) is 15.5. The normalized spacial score (nSPS) is 19.4. The summed E-state index contributed by atoms with van der Waals surface area (Å²) in [5, 5.41) is 0. The Morgan fingerprint density at radius 1 is 0.844 bits per heavy atom. The predicted octanol–water partition coefficient (Wildman–Crippen LogP) is 2.98. The second-order valence-corrected chi connectivity index (χ2v) is 10.9. The topological polar surface area (TPSA) is 60.9 Å². The monoisotopic (exact) mass is 455 g/mol. The number of benzene rings is 2. The SMILES string of the molecule is CCS(=O)(=O)N1CCC(C(=O)N2CCN(C(c3ccccc3)c3ccccc3)CC2)CC1. The summed E-state index contributed by atoms with van der Waals surface area (Å²) in [6.45, 7) is 5.65. The average Bonchev–Trinajstić information content (AvgIpc) is 2.86. The molecule has 0 unspecified atom stereocenters. The van der Waals surface area contributed by atoms with Crippen LogP contribution in [0.25, 0.3) is 0 Å². The van der Waals surface area contributed by atoms with E-state index in [1.54, 1.807) is 11.2 Å². The van der Waals surface area contributed by atoms with Crippen molar-refractivity contribution in [2.45, 2.75) is 25.8 Å². The van der Waals surface area contributed by atoms with E-state index >= 15 is 0 Å². The van der Waals surface area contributed by atoms with Gasteiger partial charge in [0, 0.05) is 45.2 Å². The van der Waals surface area contributed by atoms with Gasteiger partial charge >= 0.3 is 0 Å². The van der Waals surface area contributed by atoms with Crippen molar-refractivity contribution >= 4 is 15.9 Å². The first-order valence-electron chi connectivity index (χ1n) is 11.6. The fourth-order valence-electron chi connectivity index (χ4n) is 4.91. The average molecular weight is 456 g/mol. The minimum Gasteiger partial charge on any atom is -0.340 e. The van der Waals surface area contributed by atoms with Crippen LogP contribution in [-0.2, 0) is 14.8 Å². The number of nitrogens with zero attached hydrogens (tertiary/aromatic N) is 3. The van der Waals surface area contributed by atoms with Crippen LogP contribution in [0.15, 0.2) is 60.7 Å². The first kappa shape index (κ1) is 23.0. The number of piperazine rings is 1. The van der Waals surface area contributed by atoms with E-state index in [-0.39, 0.29) is 23.6 Å². The standard InChI is InChI=1S/C25H33N3O3S/c1-2-32(30,31)28-15-13-23(14-16-28)25(29)27-19-17-26(18-20-27)24(21-9-5-3-6-10-21)22-11-7-4-8-12-22/h3-12,23-24H,2,13-20H2,1H3. The molecule has 0 aliphatic carbocycles. The summed E-state index contributed by atoms with van der Waals surface area (Å²) in [7, 11) is -3.16. The van der Waals surface area contributed by atoms with Gasteiger partial charge in [-0.15, -0.1) is 0 Å². The summed E-state index contributed by atoms with van der Waals surface area (Å²) in [5.74, 6) is 0.246. The Hall–Kier alpha value is -2.22. The molecule has 172 valence electrons. The van der Waals surface area contributed by atoms with E-state index in [2.05, 4.69) is 53.4 Å². The quantitative estimate of drug-likeness (QED) is 0.672. The lowest BCUT2D eigenvalue weighted by atomic mass is 9.95. The van der Waals surface area contributed by atoms with Gasteiger partial charge in [-0.25, -0.2) is 12.7 Å². The minimum atomic E-state index is -3.16. The third-order valence-electron chi connectivity index (χ3n) is 6.78. The summed E-state index contributed by atoms with van der Waals surface area (Å²) in [4.78, 5) is 17.6. The lowest BCUT2D eigenvalue weighted by Crippen LogP contribution is -2.52. The minimum absolute atomic E-state index is 0.0658. The Morgan fingerprint density at radius 3 is 1.81 bits per heavy atom. The highest BCUT2D eigenvalue weighted by atomic mass is 32.2. The molecule has 0 bridgehead atoms. The van der Waals surface area contributed by atoms with E-state index in [0.717, 1.165) is 13.1 Å². The van der Waals surface area contributed by atoms with Crippen LogP contribution in [0.3, 0.4) is 0 Å². The van der Waals surface area contributed by atoms with Crippen molar-refractivity contribution in [2.75, 3.05) is 45.0 Å². The van der Waals surface area contributed by atoms with Gasteiger partial charge in [0.05, 0.1) is 11.8 Å². The number of amides is 1. The van der Waals surface area contributed by atoms with Gasteiger partial charge in [0.2, 0.25) is 15.9 Å². The van der Waals surface area contributed by atoms with Crippen LogP contribution >= 0.6 is 0 Å². The molecular formula is C25H33N3O3S. The van der Waals surface area contributed by atoms with Crippen LogP contribution in [0, 0.1) is 5.92 Å². The zero-order valence-corrected chi connectivity index (χ0v) is 19.6. The van der Waals surface area contributed by atoms with Crippen molar-refractivity contribution in [1.29, 1.82) is 0 Å². The first-order valence-corrected chi connectivity index (χ1v) is 13.2. The van der Waals surface area contributed by atoms with E-state index in [1.165, 1.54) is 11.1 Å². The van der Waals surface area contributed by atoms with E-state index in [1.807, 2.05) is 17.0 Å². The summed E-state index contributed by atoms with van der Waals surface area (Å²) in [6, 6.07) is 21.3. The van der Waals surface area contributed by atoms with Crippen molar-refractivity contribution in [2.24, 2.45) is 5.92 Å². The molecule has 6 nitrogen and oxygen atoms in total. The largest absolute Gasteiger partial charge is 0.340 e. The fraction of sp³-hybridized carbons (Fsp3) is 0.480. The number of piperidine rings is 1. The van der Waals surface area contributed by atoms with Crippen LogP contribution in [0.1, 0.15) is 36.9 Å². The highest BCUT2D eigenvalue weighted by Crippen LogP contribution is 2.30. The molecular weight excluding hydrogens is 422 g/mol. The smallest absolute Gasteiger partial charge is 0.225 e. The number of carbonyl (C=O) groups is 1. The van der Waals surface area contributed by atoms with Crippen molar-refractivity contribution in [1.82, 2.24) is 14.1 Å². The van der Waals surface area contributed by atoms with E-state index < -0.39 is 10.0 Å². The summed E-state index contributed by atoms with van der Waals surface area (Å²) < 4.78 is 25.7. The molecule has 0 saturated carbocycles. The van der Waals surface area contributed by atoms with Crippen LogP contribution in [0.4, 0.5) is 0 Å². The Bertz CT molecular complexity index is 942. The van der Waals surface area contributed by atoms with Gasteiger partial charge in [-0.3, -0.25) is 9.69 Å². The third kappa shape index (κ3) is 5.05. The molecule has 2 fully saturated rings. The second kappa shape index (κ2) is 10.1. The molecule has 2 aromatic carbocycles. The molecule has 2 aliphatic heterocycles. The maximum absolute atomic E-state index is 13.1. The highest BCUT2D eigenvalue weighted by molar-refractivity contribution is 7.89. The zero-order valence-electron chi connectivity index (χ0n) is 18.8. The highest BCUT2D eigenvalue weighted by Gasteiger charge is 2.34. The molecule has 1 amide bonds. The van der Waals surface area contributed by atoms with Gasteiger partial charge in [0.15, 0.2) is 0 Å². The number of hydrogen-bond acceptors (Lipinski definition) is 4. The van der Waals surface area contributed by atoms with Crippen molar-refractivity contribution in [3.63, 3.8) is 0 Å². The Morgan fingerprint density at radius 2 is 1.34 bits per heavy atom. The van der Waals surface area contributed by atoms with E-state index in [0.29, 0.717) is 39.0 Å². The van der Waals surface area contributed by atoms with Crippen LogP contribution in [-0.4, -0.2) is 73.5 Å². The molecule has 7 heteroatoms. The molecule has 0 aromatic heterocycles. The number of carbonyl (C=O) groups excluding carboxylic acids is 1. The van der Waals surface area contributed by atoms with Gasteiger partial charge in [0.25, 0.3) is 0 Å². The van der Waals surface area contributed by atoms with E-state index in [4.69, 9.17) is 0 Å². The second-order valence-electron chi connectivity index (χ2n) is 8.66. The molecule has 4 rings (SSSR count). The van der Waals surface area contributed by atoms with Gasteiger partial charge in [-0.1, -0.05) is 60.7 Å². The molecule has 0 atom stereocenters. The Labute approximate surface area is 191 Å². The number of rotatable bonds is 6. The summed E-state index contributed by atoms with van der Waals surface area (Å²) in [6.07, 6.45) is 1.24. The molecule has 0 N–H and O–H groups in total. The van der Waals surface area contributed by atoms with Gasteiger partial charge < -0.3 is 4.90 Å². The zero-order chi connectivity index (χ0) is 22.6. The summed E-state index contributed by atoms with van der Waals surface area (Å²) in [5.41, 5.74) is 2.53. The lowest BCUT2D eigenvalue weighted by Gasteiger charge is -2.41. The maximum atomic E-state index is 13.1. The summed E-state index contributed by atoms with van der Waals surface area (Å²) >= 11 is 0. The Balaban J connectivity index is 1.38. The molecule has 2 aliphatic rings. The lowest BCUT2D eigenvalue weighted by molar-refractivity contribution is -0.138. The van der Waals surface area contributed by atoms with Crippen LogP contribution in [0.5, 0.6) is 0 Å². The van der Waals surface area contributed by atoms with Crippen LogP contribution in [0.2, 0.25) is 0 Å². The number of sulfonamides is 1. The molecule has 2 aromatic rings. The van der Waals surface area contributed by atoms with Crippen molar-refractivity contribution in [3.05, 3.63) is 71.8 Å². The van der Waals surface area contributed by atoms with E-state index in [9.17, 15) is 13.2 Å². The molecule has 0 radical (unpaired) electrons. The number of hydrogen-bond donors (Lipinski definition) is 0. The van der Waals surface area contributed by atoms with Gasteiger partial charge in [-0.2, -0.15) is 0 Å². The van der Waals surface area contributed by atoms with Crippen molar-refractivity contribution < 1.29 is 13.2 Å². The predicted molar refractivity (Wildman–Crippen MR) is 127 cm³/mol.